The molecular formula is C31H38Br3N3O4. The highest BCUT2D eigenvalue weighted by molar-refractivity contribution is 9.11. The van der Waals surface area contributed by atoms with Crippen LogP contribution in [0.25, 0.3) is 0 Å². The Morgan fingerprint density at radius 1 is 0.854 bits per heavy atom. The van der Waals surface area contributed by atoms with Gasteiger partial charge in [0.1, 0.15) is 19.5 Å². The highest BCUT2D eigenvalue weighted by Crippen LogP contribution is 2.30. The van der Waals surface area contributed by atoms with Crippen molar-refractivity contribution in [3.63, 3.8) is 0 Å². The maximum atomic E-state index is 10.1. The summed E-state index contributed by atoms with van der Waals surface area (Å²) in [5.41, 5.74) is 2.55. The zero-order valence-corrected chi connectivity index (χ0v) is 28.1. The quantitative estimate of drug-likeness (QED) is 0.158. The van der Waals surface area contributed by atoms with Crippen molar-refractivity contribution in [1.29, 1.82) is 0 Å². The Morgan fingerprint density at radius 3 is 1.88 bits per heavy atom. The molecule has 0 spiro atoms. The van der Waals surface area contributed by atoms with Crippen LogP contribution in [-0.2, 0) is 9.47 Å². The average Bonchev–Trinajstić information content (AvgIpc) is 2.99. The zero-order valence-electron chi connectivity index (χ0n) is 23.3. The van der Waals surface area contributed by atoms with E-state index in [1.54, 1.807) is 24.3 Å². The third kappa shape index (κ3) is 14.8. The molecule has 2 saturated heterocycles. The number of carbonyl (C=O) groups excluding carboxylic acids is 1. The summed E-state index contributed by atoms with van der Waals surface area (Å²) < 4.78 is 13.8. The van der Waals surface area contributed by atoms with Crippen molar-refractivity contribution in [1.82, 2.24) is 15.0 Å². The molecular weight excluding hydrogens is 718 g/mol. The number of aldehydes is 1. The maximum Gasteiger partial charge on any atom is 0.168 e. The molecule has 41 heavy (non-hydrogen) atoms. The first-order chi connectivity index (χ1) is 19.9. The van der Waals surface area contributed by atoms with Gasteiger partial charge in [0.2, 0.25) is 0 Å². The van der Waals surface area contributed by atoms with Crippen molar-refractivity contribution in [3.05, 3.63) is 98.1 Å². The number of aliphatic hydroxyl groups excluding tert-OH is 1. The molecule has 2 fully saturated rings. The lowest BCUT2D eigenvalue weighted by molar-refractivity contribution is -0.00884. The number of carbonyl (C=O) groups is 1. The van der Waals surface area contributed by atoms with Gasteiger partial charge in [0, 0.05) is 19.8 Å². The Hall–Kier alpha value is -1.82. The van der Waals surface area contributed by atoms with Crippen LogP contribution in [0.15, 0.2) is 81.1 Å². The molecule has 0 aliphatic carbocycles. The molecule has 2 aliphatic heterocycles. The molecule has 5 heterocycles. The lowest BCUT2D eigenvalue weighted by Crippen LogP contribution is -2.18. The van der Waals surface area contributed by atoms with E-state index in [2.05, 4.69) is 76.2 Å². The van der Waals surface area contributed by atoms with E-state index in [0.29, 0.717) is 23.0 Å². The number of halogens is 3. The second-order valence-corrected chi connectivity index (χ2v) is 11.9. The fraction of sp³-hybridized carbons (Fsp3) is 0.419. The molecule has 0 radical (unpaired) electrons. The first-order valence-corrected chi connectivity index (χ1v) is 16.0. The van der Waals surface area contributed by atoms with Crippen molar-refractivity contribution in [2.75, 3.05) is 19.8 Å². The van der Waals surface area contributed by atoms with Gasteiger partial charge in [-0.1, -0.05) is 31.2 Å². The second kappa shape index (κ2) is 21.0. The SMILES string of the molecule is Brc1cccc(C2CCCCO2)n1.C=CCCO.CC1CCOC(c2cccc(Br)n2)C1.O=Cc1cccc(Br)n1. The molecule has 222 valence electrons. The molecule has 3 aromatic rings. The molecule has 1 N–H and O–H groups in total. The highest BCUT2D eigenvalue weighted by Gasteiger charge is 2.22. The molecule has 0 amide bonds. The Morgan fingerprint density at radius 2 is 1.44 bits per heavy atom. The summed E-state index contributed by atoms with van der Waals surface area (Å²) in [5.74, 6) is 0.745. The van der Waals surface area contributed by atoms with Gasteiger partial charge in [-0.2, -0.15) is 0 Å². The van der Waals surface area contributed by atoms with Crippen LogP contribution in [0.2, 0.25) is 0 Å². The van der Waals surface area contributed by atoms with Gasteiger partial charge in [0.25, 0.3) is 0 Å². The van der Waals surface area contributed by atoms with Crippen molar-refractivity contribution < 1.29 is 19.4 Å². The van der Waals surface area contributed by atoms with Crippen LogP contribution in [0.1, 0.15) is 79.5 Å². The second-order valence-electron chi connectivity index (χ2n) is 9.42. The summed E-state index contributed by atoms with van der Waals surface area (Å²) in [6.07, 6.45) is 9.30. The van der Waals surface area contributed by atoms with E-state index in [-0.39, 0.29) is 18.8 Å². The van der Waals surface area contributed by atoms with Gasteiger partial charge in [-0.15, -0.1) is 6.58 Å². The Balaban J connectivity index is 0.000000203. The van der Waals surface area contributed by atoms with Gasteiger partial charge in [0.15, 0.2) is 6.29 Å². The Bertz CT molecular complexity index is 1180. The van der Waals surface area contributed by atoms with E-state index in [4.69, 9.17) is 14.6 Å². The van der Waals surface area contributed by atoms with Crippen LogP contribution in [0.5, 0.6) is 0 Å². The molecule has 0 bridgehead atoms. The molecule has 5 rings (SSSR count). The minimum atomic E-state index is 0.191. The van der Waals surface area contributed by atoms with Gasteiger partial charge < -0.3 is 14.6 Å². The smallest absolute Gasteiger partial charge is 0.168 e. The average molecular weight is 756 g/mol. The third-order valence-corrected chi connectivity index (χ3v) is 7.37. The van der Waals surface area contributed by atoms with E-state index in [1.165, 1.54) is 19.3 Å². The topological polar surface area (TPSA) is 94.4 Å². The van der Waals surface area contributed by atoms with Crippen LogP contribution in [-0.4, -0.2) is 46.2 Å². The van der Waals surface area contributed by atoms with Gasteiger partial charge >= 0.3 is 0 Å². The van der Waals surface area contributed by atoms with Crippen LogP contribution in [0, 0.1) is 5.92 Å². The molecule has 0 saturated carbocycles. The minimum Gasteiger partial charge on any atom is -0.396 e. The maximum absolute atomic E-state index is 10.1. The van der Waals surface area contributed by atoms with Crippen LogP contribution in [0.3, 0.4) is 0 Å². The minimum absolute atomic E-state index is 0.191. The number of hydrogen-bond acceptors (Lipinski definition) is 7. The van der Waals surface area contributed by atoms with Gasteiger partial charge in [0.05, 0.1) is 23.6 Å². The highest BCUT2D eigenvalue weighted by atomic mass is 79.9. The largest absolute Gasteiger partial charge is 0.396 e. The molecule has 7 nitrogen and oxygen atoms in total. The molecule has 2 aliphatic rings. The Labute approximate surface area is 268 Å². The predicted octanol–water partition coefficient (Wildman–Crippen LogP) is 8.63. The number of aliphatic hydroxyl groups is 1. The predicted molar refractivity (Wildman–Crippen MR) is 173 cm³/mol. The monoisotopic (exact) mass is 753 g/mol. The van der Waals surface area contributed by atoms with E-state index < -0.39 is 0 Å². The fourth-order valence-corrected chi connectivity index (χ4v) is 5.00. The summed E-state index contributed by atoms with van der Waals surface area (Å²) in [6.45, 7) is 7.62. The summed E-state index contributed by atoms with van der Waals surface area (Å²) in [7, 11) is 0. The number of nitrogens with zero attached hydrogens (tertiary/aromatic N) is 3. The first-order valence-electron chi connectivity index (χ1n) is 13.6. The standard InChI is InChI=1S/C11H14BrNO.C10H12BrNO.C6H4BrNO.C4H8O/c1-8-5-6-14-10(7-8)9-3-2-4-11(12)13-9;11-10-6-3-4-8(12-10)9-5-1-2-7-13-9;7-6-3-1-2-5(4-9)8-6;1-2-3-4-5/h2-4,8,10H,5-7H2,1H3;3-4,6,9H,1-2,5,7H2;1-4H;2,5H,1,3-4H2. The van der Waals surface area contributed by atoms with Crippen molar-refractivity contribution >= 4 is 54.1 Å². The lowest BCUT2D eigenvalue weighted by atomic mass is 9.96. The molecule has 3 aromatic heterocycles. The van der Waals surface area contributed by atoms with E-state index in [1.807, 2.05) is 36.4 Å². The molecule has 3 atom stereocenters. The number of pyridine rings is 3. The number of ether oxygens (including phenoxy) is 2. The van der Waals surface area contributed by atoms with Crippen LogP contribution >= 0.6 is 47.8 Å². The number of rotatable bonds is 5. The third-order valence-electron chi connectivity index (χ3n) is 6.05. The summed E-state index contributed by atoms with van der Waals surface area (Å²) in [5, 5.41) is 8.00. The van der Waals surface area contributed by atoms with Crippen molar-refractivity contribution in [2.45, 2.75) is 57.7 Å². The van der Waals surface area contributed by atoms with E-state index >= 15 is 0 Å². The number of hydrogen-bond donors (Lipinski definition) is 1. The van der Waals surface area contributed by atoms with E-state index in [0.717, 1.165) is 52.6 Å². The lowest BCUT2D eigenvalue weighted by Gasteiger charge is -2.26. The van der Waals surface area contributed by atoms with Gasteiger partial charge in [-0.25, -0.2) is 15.0 Å². The summed E-state index contributed by atoms with van der Waals surface area (Å²) >= 11 is 9.87. The molecule has 0 aromatic carbocycles. The zero-order chi connectivity index (χ0) is 29.9. The number of aromatic nitrogens is 3. The van der Waals surface area contributed by atoms with Crippen LogP contribution in [0.4, 0.5) is 0 Å². The van der Waals surface area contributed by atoms with Crippen molar-refractivity contribution in [3.8, 4) is 0 Å². The normalized spacial score (nSPS) is 19.6. The molecule has 10 heteroatoms. The summed E-state index contributed by atoms with van der Waals surface area (Å²) in [6, 6.07) is 17.1. The van der Waals surface area contributed by atoms with Gasteiger partial charge in [-0.05, 0) is 129 Å². The van der Waals surface area contributed by atoms with Gasteiger partial charge in [-0.3, -0.25) is 4.79 Å². The first kappa shape index (κ1) is 35.4. The van der Waals surface area contributed by atoms with Crippen LogP contribution < -0.4 is 0 Å². The summed E-state index contributed by atoms with van der Waals surface area (Å²) in [4.78, 5) is 22.7. The fourth-order valence-electron chi connectivity index (χ4n) is 3.93. The molecule has 3 unspecified atom stereocenters. The van der Waals surface area contributed by atoms with Crippen molar-refractivity contribution in [2.24, 2.45) is 5.92 Å². The van der Waals surface area contributed by atoms with E-state index in [9.17, 15) is 4.79 Å². The Kier molecular flexibility index (Phi) is 18.1.